The molecule has 2 nitrogen and oxygen atoms in total. The molecular weight excluding hydrogens is 293 g/mol. The first-order valence-corrected chi connectivity index (χ1v) is 8.09. The van der Waals surface area contributed by atoms with Crippen LogP contribution < -0.4 is 5.73 Å². The van der Waals surface area contributed by atoms with E-state index < -0.39 is 0 Å². The molecule has 1 fully saturated rings. The Morgan fingerprint density at radius 2 is 2.20 bits per heavy atom. The fourth-order valence-electron chi connectivity index (χ4n) is 3.38. The summed E-state index contributed by atoms with van der Waals surface area (Å²) < 4.78 is 6.13. The largest absolute Gasteiger partial charge is 0.373 e. The van der Waals surface area contributed by atoms with Gasteiger partial charge in [0.05, 0.1) is 21.7 Å². The van der Waals surface area contributed by atoms with Crippen LogP contribution in [0.2, 0.25) is 10.0 Å². The van der Waals surface area contributed by atoms with Gasteiger partial charge in [0.25, 0.3) is 0 Å². The van der Waals surface area contributed by atoms with Crippen molar-refractivity contribution in [1.29, 1.82) is 0 Å². The summed E-state index contributed by atoms with van der Waals surface area (Å²) in [5, 5.41) is 1.11. The number of benzene rings is 1. The molecule has 0 aliphatic heterocycles. The van der Waals surface area contributed by atoms with E-state index in [0.29, 0.717) is 22.6 Å². The highest BCUT2D eigenvalue weighted by Gasteiger charge is 2.42. The molecule has 0 saturated heterocycles. The Hall–Kier alpha value is -0.280. The average molecular weight is 316 g/mol. The Morgan fingerprint density at radius 1 is 1.45 bits per heavy atom. The SMILES string of the molecule is CCOC1(C(N)c2cccc(Cl)c2Cl)CCCC(C)C1. The van der Waals surface area contributed by atoms with E-state index in [9.17, 15) is 0 Å². The van der Waals surface area contributed by atoms with Gasteiger partial charge in [0, 0.05) is 6.61 Å². The summed E-state index contributed by atoms with van der Waals surface area (Å²) in [4.78, 5) is 0. The predicted molar refractivity (Wildman–Crippen MR) is 85.4 cm³/mol. The fourth-order valence-corrected chi connectivity index (χ4v) is 3.80. The summed E-state index contributed by atoms with van der Waals surface area (Å²) in [6.45, 7) is 4.95. The lowest BCUT2D eigenvalue weighted by molar-refractivity contribution is -0.0938. The van der Waals surface area contributed by atoms with E-state index in [0.717, 1.165) is 24.8 Å². The van der Waals surface area contributed by atoms with E-state index >= 15 is 0 Å². The zero-order chi connectivity index (χ0) is 14.8. The van der Waals surface area contributed by atoms with Crippen molar-refractivity contribution in [3.8, 4) is 0 Å². The Kier molecular flexibility index (Phi) is 5.36. The molecule has 1 aliphatic carbocycles. The van der Waals surface area contributed by atoms with E-state index in [4.69, 9.17) is 33.7 Å². The highest BCUT2D eigenvalue weighted by molar-refractivity contribution is 6.42. The van der Waals surface area contributed by atoms with Gasteiger partial charge >= 0.3 is 0 Å². The highest BCUT2D eigenvalue weighted by Crippen LogP contribution is 2.44. The minimum Gasteiger partial charge on any atom is -0.373 e. The molecule has 0 bridgehead atoms. The molecule has 20 heavy (non-hydrogen) atoms. The van der Waals surface area contributed by atoms with Crippen LogP contribution in [-0.4, -0.2) is 12.2 Å². The lowest BCUT2D eigenvalue weighted by atomic mass is 9.73. The van der Waals surface area contributed by atoms with Crippen molar-refractivity contribution >= 4 is 23.2 Å². The molecule has 112 valence electrons. The van der Waals surface area contributed by atoms with Crippen LogP contribution in [0.3, 0.4) is 0 Å². The van der Waals surface area contributed by atoms with Gasteiger partial charge in [-0.2, -0.15) is 0 Å². The number of hydrogen-bond donors (Lipinski definition) is 1. The molecule has 3 unspecified atom stereocenters. The van der Waals surface area contributed by atoms with E-state index in [2.05, 4.69) is 6.92 Å². The van der Waals surface area contributed by atoms with Crippen molar-refractivity contribution < 1.29 is 4.74 Å². The second-order valence-corrected chi connectivity index (χ2v) is 6.61. The van der Waals surface area contributed by atoms with Gasteiger partial charge < -0.3 is 10.5 Å². The molecule has 2 N–H and O–H groups in total. The lowest BCUT2D eigenvalue weighted by Crippen LogP contribution is -2.47. The van der Waals surface area contributed by atoms with Crippen molar-refractivity contribution in [2.75, 3.05) is 6.61 Å². The molecule has 1 aromatic rings. The van der Waals surface area contributed by atoms with Crippen LogP contribution in [-0.2, 0) is 4.74 Å². The Bertz CT molecular complexity index is 462. The number of rotatable bonds is 4. The molecule has 1 aromatic carbocycles. The lowest BCUT2D eigenvalue weighted by Gasteiger charge is -2.44. The van der Waals surface area contributed by atoms with Crippen LogP contribution in [0.15, 0.2) is 18.2 Å². The van der Waals surface area contributed by atoms with Gasteiger partial charge in [0.2, 0.25) is 0 Å². The van der Waals surface area contributed by atoms with Crippen molar-refractivity contribution in [3.05, 3.63) is 33.8 Å². The first-order valence-electron chi connectivity index (χ1n) is 7.33. The van der Waals surface area contributed by atoms with Crippen LogP contribution in [0.5, 0.6) is 0 Å². The van der Waals surface area contributed by atoms with Crippen LogP contribution in [0, 0.1) is 5.92 Å². The molecule has 2 rings (SSSR count). The minimum absolute atomic E-state index is 0.239. The van der Waals surface area contributed by atoms with Gasteiger partial charge in [-0.25, -0.2) is 0 Å². The third kappa shape index (κ3) is 3.14. The monoisotopic (exact) mass is 315 g/mol. The predicted octanol–water partition coefficient (Wildman–Crippen LogP) is 4.98. The van der Waals surface area contributed by atoms with Gasteiger partial charge in [-0.1, -0.05) is 55.1 Å². The number of nitrogens with two attached hydrogens (primary N) is 1. The van der Waals surface area contributed by atoms with E-state index in [-0.39, 0.29) is 11.6 Å². The molecule has 0 amide bonds. The number of ether oxygens (including phenoxy) is 1. The molecule has 0 radical (unpaired) electrons. The van der Waals surface area contributed by atoms with Crippen LogP contribution >= 0.6 is 23.2 Å². The highest BCUT2D eigenvalue weighted by atomic mass is 35.5. The Morgan fingerprint density at radius 3 is 2.85 bits per heavy atom. The summed E-state index contributed by atoms with van der Waals surface area (Å²) in [7, 11) is 0. The molecule has 0 aromatic heterocycles. The second kappa shape index (κ2) is 6.65. The van der Waals surface area contributed by atoms with E-state index in [1.807, 2.05) is 19.1 Å². The third-order valence-corrected chi connectivity index (χ3v) is 5.14. The zero-order valence-electron chi connectivity index (χ0n) is 12.2. The molecule has 1 saturated carbocycles. The molecular formula is C16H23Cl2NO. The molecule has 1 aliphatic rings. The number of halogens is 2. The first kappa shape index (κ1) is 16.1. The van der Waals surface area contributed by atoms with Crippen LogP contribution in [0.4, 0.5) is 0 Å². The molecule has 0 spiro atoms. The van der Waals surface area contributed by atoms with Gasteiger partial charge in [-0.3, -0.25) is 0 Å². The quantitative estimate of drug-likeness (QED) is 0.850. The maximum atomic E-state index is 6.55. The Labute approximate surface area is 131 Å². The van der Waals surface area contributed by atoms with Gasteiger partial charge in [0.1, 0.15) is 0 Å². The fraction of sp³-hybridized carbons (Fsp3) is 0.625. The summed E-state index contributed by atoms with van der Waals surface area (Å²) >= 11 is 12.5. The first-order chi connectivity index (χ1) is 9.50. The van der Waals surface area contributed by atoms with Crippen molar-refractivity contribution in [3.63, 3.8) is 0 Å². The second-order valence-electron chi connectivity index (χ2n) is 5.82. The van der Waals surface area contributed by atoms with Crippen LogP contribution in [0.25, 0.3) is 0 Å². The third-order valence-electron chi connectivity index (χ3n) is 4.31. The summed E-state index contributed by atoms with van der Waals surface area (Å²) in [5.74, 6) is 0.624. The summed E-state index contributed by atoms with van der Waals surface area (Å²) in [5.41, 5.74) is 7.13. The van der Waals surface area contributed by atoms with Crippen molar-refractivity contribution in [2.45, 2.75) is 51.2 Å². The van der Waals surface area contributed by atoms with Crippen molar-refractivity contribution in [2.24, 2.45) is 11.7 Å². The molecule has 0 heterocycles. The minimum atomic E-state index is -0.319. The van der Waals surface area contributed by atoms with Crippen molar-refractivity contribution in [1.82, 2.24) is 0 Å². The van der Waals surface area contributed by atoms with Gasteiger partial charge in [-0.15, -0.1) is 0 Å². The molecule has 4 heteroatoms. The topological polar surface area (TPSA) is 35.2 Å². The molecule has 3 atom stereocenters. The standard InChI is InChI=1S/C16H23Cl2NO/c1-3-20-16(9-5-6-11(2)10-16)15(19)12-7-4-8-13(17)14(12)18/h4,7-8,11,15H,3,5-6,9-10,19H2,1-2H3. The van der Waals surface area contributed by atoms with Crippen LogP contribution in [0.1, 0.15) is 51.1 Å². The van der Waals surface area contributed by atoms with Gasteiger partial charge in [-0.05, 0) is 37.3 Å². The average Bonchev–Trinajstić information content (AvgIpc) is 2.41. The normalized spacial score (nSPS) is 28.4. The summed E-state index contributed by atoms with van der Waals surface area (Å²) in [6, 6.07) is 5.40. The maximum absolute atomic E-state index is 6.55. The van der Waals surface area contributed by atoms with E-state index in [1.165, 1.54) is 6.42 Å². The smallest absolute Gasteiger partial charge is 0.0877 e. The maximum Gasteiger partial charge on any atom is 0.0877 e. The van der Waals surface area contributed by atoms with E-state index in [1.54, 1.807) is 6.07 Å². The Balaban J connectivity index is 2.35. The number of hydrogen-bond acceptors (Lipinski definition) is 2. The summed E-state index contributed by atoms with van der Waals surface area (Å²) in [6.07, 6.45) is 4.35. The van der Waals surface area contributed by atoms with Gasteiger partial charge in [0.15, 0.2) is 0 Å². The zero-order valence-corrected chi connectivity index (χ0v) is 13.7.